The maximum atomic E-state index is 11.9. The molecule has 0 atom stereocenters. The van der Waals surface area contributed by atoms with E-state index in [-0.39, 0.29) is 5.97 Å². The van der Waals surface area contributed by atoms with Crippen molar-refractivity contribution in [1.82, 2.24) is 0 Å². The van der Waals surface area contributed by atoms with E-state index in [2.05, 4.69) is 97.1 Å². The van der Waals surface area contributed by atoms with Gasteiger partial charge in [-0.25, -0.2) is 0 Å². The van der Waals surface area contributed by atoms with Crippen LogP contribution in [-0.2, 0) is 4.79 Å². The first-order chi connectivity index (χ1) is 24.9. The van der Waals surface area contributed by atoms with Gasteiger partial charge in [0.15, 0.2) is 11.1 Å². The summed E-state index contributed by atoms with van der Waals surface area (Å²) >= 11 is 0. The highest BCUT2D eigenvalue weighted by molar-refractivity contribution is 8.01. The molecule has 0 aromatic heterocycles. The summed E-state index contributed by atoms with van der Waals surface area (Å²) in [5.41, 5.74) is 0. The Balaban J connectivity index is 0.000000165. The number of rotatable bonds is 7. The van der Waals surface area contributed by atoms with Gasteiger partial charge in [0.05, 0.1) is 0 Å². The van der Waals surface area contributed by atoms with Crippen LogP contribution in [-0.4, -0.2) is 13.3 Å². The summed E-state index contributed by atoms with van der Waals surface area (Å²) in [6.45, 7) is 1.45. The van der Waals surface area contributed by atoms with Gasteiger partial charge in [-0.3, -0.25) is 4.79 Å². The Kier molecular flexibility index (Phi) is 9.91. The van der Waals surface area contributed by atoms with E-state index in [4.69, 9.17) is 9.39 Å². The average molecular weight is 684 g/mol. The fourth-order valence-electron chi connectivity index (χ4n) is 6.76. The molecule has 0 unspecified atom stereocenters. The summed E-state index contributed by atoms with van der Waals surface area (Å²) in [5, 5.41) is 32.6. The number of fused-ring (bicyclic) bond motifs is 4. The van der Waals surface area contributed by atoms with Gasteiger partial charge >= 0.3 is 5.97 Å². The van der Waals surface area contributed by atoms with Gasteiger partial charge in [0.25, 0.3) is 0 Å². The van der Waals surface area contributed by atoms with Crippen LogP contribution in [0.1, 0.15) is 6.92 Å². The third kappa shape index (κ3) is 6.86. The van der Waals surface area contributed by atoms with Crippen molar-refractivity contribution in [2.45, 2.75) is 6.92 Å². The molecule has 51 heavy (non-hydrogen) atoms. The van der Waals surface area contributed by atoms with Gasteiger partial charge in [-0.1, -0.05) is 115 Å². The minimum absolute atomic E-state index is 0.315. The molecule has 0 aliphatic heterocycles. The van der Waals surface area contributed by atoms with Crippen molar-refractivity contribution < 1.29 is 24.2 Å². The van der Waals surface area contributed by atoms with Gasteiger partial charge < -0.3 is 19.4 Å². The second-order valence-electron chi connectivity index (χ2n) is 12.0. The number of hydrogen-bond donors (Lipinski definition) is 0. The molecular formula is C44H33BO5P-. The SMILES string of the molecule is CC(=O)Oc1ccccc1[P+](c1ccccc1)(c1ccccc1)c1ccccc1.[O-]B([O-])Oc1cccc2ccc3cc4ccccc4cc3c12. The second-order valence-corrected chi connectivity index (χ2v) is 15.4. The van der Waals surface area contributed by atoms with Crippen LogP contribution in [0.4, 0.5) is 0 Å². The fourth-order valence-corrected chi connectivity index (χ4v) is 11.1. The minimum Gasteiger partial charge on any atom is -0.860 e. The summed E-state index contributed by atoms with van der Waals surface area (Å²) < 4.78 is 10.6. The smallest absolute Gasteiger partial charge is 0.308 e. The van der Waals surface area contributed by atoms with Gasteiger partial charge in [0, 0.05) is 12.3 Å². The lowest BCUT2D eigenvalue weighted by Crippen LogP contribution is -2.50. The van der Waals surface area contributed by atoms with E-state index in [0.29, 0.717) is 11.5 Å². The molecule has 8 aromatic carbocycles. The molecule has 0 amide bonds. The highest BCUT2D eigenvalue weighted by atomic mass is 31.2. The molecule has 8 rings (SSSR count). The minimum atomic E-state index is -2.33. The van der Waals surface area contributed by atoms with E-state index in [1.54, 1.807) is 12.1 Å². The second kappa shape index (κ2) is 15.0. The Morgan fingerprint density at radius 1 is 0.510 bits per heavy atom. The van der Waals surface area contributed by atoms with Crippen LogP contribution in [0.2, 0.25) is 0 Å². The van der Waals surface area contributed by atoms with Crippen LogP contribution in [0.15, 0.2) is 182 Å². The highest BCUT2D eigenvalue weighted by Gasteiger charge is 2.49. The van der Waals surface area contributed by atoms with Crippen LogP contribution in [0.25, 0.3) is 32.3 Å². The van der Waals surface area contributed by atoms with Crippen molar-refractivity contribution in [1.29, 1.82) is 0 Å². The molecule has 8 aromatic rings. The molecule has 0 aliphatic carbocycles. The standard InChI is InChI=1S/C26H22O2P.C18H11BO3/c1-21(27)28-25-19-11-12-20-26(25)29(22-13-5-2-6-14-22,23-15-7-3-8-16-23)24-17-9-4-10-18-24;20-19(21)22-17-7-3-6-12-8-9-15-10-13-4-1-2-5-14(13)11-16(15)18(12)17/h2-20H,1H3;1-11H/q+1;-2. The lowest BCUT2D eigenvalue weighted by Gasteiger charge is -2.28. The van der Waals surface area contributed by atoms with Crippen molar-refractivity contribution in [2.75, 3.05) is 0 Å². The summed E-state index contributed by atoms with van der Waals surface area (Å²) in [5.74, 6) is 0.642. The number of benzene rings is 8. The number of esters is 1. The summed E-state index contributed by atoms with van der Waals surface area (Å²) in [4.78, 5) is 11.9. The average Bonchev–Trinajstić information content (AvgIpc) is 3.16. The Bertz CT molecular complexity index is 2340. The molecule has 7 heteroatoms. The normalized spacial score (nSPS) is 11.1. The van der Waals surface area contributed by atoms with Crippen LogP contribution < -0.4 is 40.7 Å². The van der Waals surface area contributed by atoms with Crippen LogP contribution >= 0.6 is 7.26 Å². The van der Waals surface area contributed by atoms with E-state index in [1.807, 2.05) is 72.8 Å². The quantitative estimate of drug-likeness (QED) is 0.0481. The van der Waals surface area contributed by atoms with E-state index in [1.165, 1.54) is 22.8 Å². The molecule has 0 bridgehead atoms. The first-order valence-corrected chi connectivity index (χ1v) is 18.4. The Morgan fingerprint density at radius 2 is 0.980 bits per heavy atom. The zero-order chi connectivity index (χ0) is 35.2. The molecule has 0 spiro atoms. The molecule has 0 saturated carbocycles. The topological polar surface area (TPSA) is 81.7 Å². The van der Waals surface area contributed by atoms with E-state index in [0.717, 1.165) is 37.6 Å². The third-order valence-corrected chi connectivity index (χ3v) is 13.1. The lowest BCUT2D eigenvalue weighted by molar-refractivity contribution is -0.372. The van der Waals surface area contributed by atoms with Gasteiger partial charge in [-0.05, 0) is 93.7 Å². The first-order valence-electron chi connectivity index (χ1n) is 16.6. The van der Waals surface area contributed by atoms with Gasteiger partial charge in [0.1, 0.15) is 36.2 Å². The Labute approximate surface area is 297 Å². The Hall–Kier alpha value is -5.78. The zero-order valence-electron chi connectivity index (χ0n) is 27.9. The molecule has 0 heterocycles. The predicted octanol–water partition coefficient (Wildman–Crippen LogP) is 6.46. The van der Waals surface area contributed by atoms with Crippen LogP contribution in [0.5, 0.6) is 11.5 Å². The maximum Gasteiger partial charge on any atom is 0.308 e. The van der Waals surface area contributed by atoms with Gasteiger partial charge in [-0.15, -0.1) is 0 Å². The van der Waals surface area contributed by atoms with E-state index >= 15 is 0 Å². The molecular weight excluding hydrogens is 650 g/mol. The van der Waals surface area contributed by atoms with Crippen LogP contribution in [0, 0.1) is 0 Å². The summed E-state index contributed by atoms with van der Waals surface area (Å²) in [6.07, 6.45) is 0. The van der Waals surface area contributed by atoms with E-state index < -0.39 is 14.6 Å². The van der Waals surface area contributed by atoms with Crippen molar-refractivity contribution in [2.24, 2.45) is 0 Å². The van der Waals surface area contributed by atoms with E-state index in [9.17, 15) is 14.8 Å². The number of hydrogen-bond acceptors (Lipinski definition) is 5. The zero-order valence-corrected chi connectivity index (χ0v) is 28.8. The van der Waals surface area contributed by atoms with Crippen molar-refractivity contribution >= 4 is 74.1 Å². The molecule has 0 saturated heterocycles. The van der Waals surface area contributed by atoms with Gasteiger partial charge in [-0.2, -0.15) is 0 Å². The highest BCUT2D eigenvalue weighted by Crippen LogP contribution is 2.56. The molecule has 248 valence electrons. The number of ether oxygens (including phenoxy) is 1. The fraction of sp³-hybridized carbons (Fsp3) is 0.0227. The number of carbonyl (C=O) groups excluding carboxylic acids is 1. The largest absolute Gasteiger partial charge is 0.860 e. The number of carbonyl (C=O) groups is 1. The lowest BCUT2D eigenvalue weighted by atomic mass is 9.97. The van der Waals surface area contributed by atoms with Gasteiger partial charge in [0.2, 0.25) is 0 Å². The summed E-state index contributed by atoms with van der Waals surface area (Å²) in [6, 6.07) is 61.2. The monoisotopic (exact) mass is 683 g/mol. The molecule has 0 radical (unpaired) electrons. The molecule has 0 N–H and O–H groups in total. The molecule has 5 nitrogen and oxygen atoms in total. The summed E-state index contributed by atoms with van der Waals surface area (Å²) in [7, 11) is -4.61. The molecule has 0 fully saturated rings. The maximum absolute atomic E-state index is 11.9. The number of para-hydroxylation sites is 1. The van der Waals surface area contributed by atoms with Crippen molar-refractivity contribution in [3.63, 3.8) is 0 Å². The van der Waals surface area contributed by atoms with Crippen LogP contribution in [0.3, 0.4) is 0 Å². The van der Waals surface area contributed by atoms with Crippen molar-refractivity contribution in [3.8, 4) is 11.5 Å². The first kappa shape index (κ1) is 33.7. The molecule has 0 aliphatic rings. The predicted molar refractivity (Wildman–Crippen MR) is 208 cm³/mol. The van der Waals surface area contributed by atoms with Crippen molar-refractivity contribution in [3.05, 3.63) is 182 Å². The third-order valence-electron chi connectivity index (χ3n) is 8.82. The Morgan fingerprint density at radius 3 is 1.55 bits per heavy atom.